The quantitative estimate of drug-likeness (QED) is 0.702. The number of hydrogen-bond donors (Lipinski definition) is 2. The van der Waals surface area contributed by atoms with Crippen molar-refractivity contribution in [3.63, 3.8) is 0 Å². The zero-order valence-electron chi connectivity index (χ0n) is 17.1. The van der Waals surface area contributed by atoms with E-state index in [-0.39, 0.29) is 5.24 Å². The second kappa shape index (κ2) is 12.2. The minimum absolute atomic E-state index is 0.361. The number of rotatable bonds is 1. The van der Waals surface area contributed by atoms with Gasteiger partial charge in [-0.2, -0.15) is 0 Å². The molecule has 5 heteroatoms. The molecule has 3 unspecified atom stereocenters. The number of halogens is 1. The van der Waals surface area contributed by atoms with E-state index in [0.29, 0.717) is 18.1 Å². The Bertz CT molecular complexity index is 634. The predicted octanol–water partition coefficient (Wildman–Crippen LogP) is 4.16. The van der Waals surface area contributed by atoms with Crippen molar-refractivity contribution in [2.45, 2.75) is 57.7 Å². The largest absolute Gasteiger partial charge is 0.326 e. The number of hydrogen-bond acceptors (Lipinski definition) is 4. The topological polar surface area (TPSA) is 58.4 Å². The Hall–Kier alpha value is -1.46. The summed E-state index contributed by atoms with van der Waals surface area (Å²) < 4.78 is 0. The van der Waals surface area contributed by atoms with Gasteiger partial charge in [0.15, 0.2) is 0 Å². The third kappa shape index (κ3) is 7.51. The lowest BCUT2D eigenvalue weighted by Crippen LogP contribution is -2.59. The van der Waals surface area contributed by atoms with Crippen LogP contribution in [0.25, 0.3) is 10.8 Å². The monoisotopic (exact) mass is 403 g/mol. The molecule has 1 saturated carbocycles. The Morgan fingerprint density at radius 2 is 1.57 bits per heavy atom. The second-order valence-electron chi connectivity index (χ2n) is 7.62. The van der Waals surface area contributed by atoms with Crippen molar-refractivity contribution in [3.8, 4) is 0 Å². The molecule has 0 radical (unpaired) electrons. The van der Waals surface area contributed by atoms with Gasteiger partial charge in [-0.25, -0.2) is 0 Å². The zero-order chi connectivity index (χ0) is 20.4. The molecule has 2 aliphatic rings. The Kier molecular flexibility index (Phi) is 9.93. The molecule has 28 heavy (non-hydrogen) atoms. The van der Waals surface area contributed by atoms with Gasteiger partial charge in [-0.15, -0.1) is 0 Å². The summed E-state index contributed by atoms with van der Waals surface area (Å²) in [5.41, 5.74) is 6.21. The Morgan fingerprint density at radius 1 is 1.07 bits per heavy atom. The first-order valence-electron chi connectivity index (χ1n) is 10.3. The number of carbonyl (C=O) groups excluding carboxylic acids is 1. The lowest BCUT2D eigenvalue weighted by Gasteiger charge is -2.44. The van der Waals surface area contributed by atoms with Crippen molar-refractivity contribution >= 4 is 27.6 Å². The number of nitrogens with zero attached hydrogens (tertiary/aromatic N) is 1. The molecule has 1 saturated heterocycles. The fraction of sp³-hybridized carbons (Fsp3) is 0.522. The van der Waals surface area contributed by atoms with Crippen LogP contribution in [0.2, 0.25) is 0 Å². The van der Waals surface area contributed by atoms with Crippen LogP contribution in [0.4, 0.5) is 0 Å². The average Bonchev–Trinajstić information content (AvgIpc) is 2.69. The van der Waals surface area contributed by atoms with E-state index in [1.807, 2.05) is 0 Å². The molecular formula is C23H34ClN3O. The van der Waals surface area contributed by atoms with Crippen LogP contribution < -0.4 is 11.1 Å². The summed E-state index contributed by atoms with van der Waals surface area (Å²) in [5, 5.41) is 5.70. The standard InChI is InChI=1S/C11H23N3.C10H8.C2H3ClO/c1-9-8-13-6-7-14(9)11-5-3-2-4-10(11)12;1-2-6-10-8-4-3-7-9(10)5-1;1-2(3)4/h9-11,13H,2-8,12H2,1H3;1-8H;1H3. The van der Waals surface area contributed by atoms with Gasteiger partial charge in [-0.1, -0.05) is 61.4 Å². The molecule has 3 atom stereocenters. The highest BCUT2D eigenvalue weighted by molar-refractivity contribution is 6.62. The number of carbonyl (C=O) groups is 1. The van der Waals surface area contributed by atoms with Gasteiger partial charge in [0.05, 0.1) is 0 Å². The molecule has 2 fully saturated rings. The van der Waals surface area contributed by atoms with Gasteiger partial charge in [-0.3, -0.25) is 9.69 Å². The van der Waals surface area contributed by atoms with E-state index in [4.69, 9.17) is 5.73 Å². The van der Waals surface area contributed by atoms with Crippen molar-refractivity contribution in [2.75, 3.05) is 19.6 Å². The van der Waals surface area contributed by atoms with Gasteiger partial charge in [0.1, 0.15) is 0 Å². The second-order valence-corrected chi connectivity index (χ2v) is 8.16. The lowest BCUT2D eigenvalue weighted by atomic mass is 9.88. The highest BCUT2D eigenvalue weighted by Crippen LogP contribution is 2.24. The fourth-order valence-corrected chi connectivity index (χ4v) is 4.03. The van der Waals surface area contributed by atoms with Crippen LogP contribution in [-0.4, -0.2) is 47.9 Å². The van der Waals surface area contributed by atoms with E-state index >= 15 is 0 Å². The van der Waals surface area contributed by atoms with Crippen LogP contribution in [0.15, 0.2) is 48.5 Å². The third-order valence-electron chi connectivity index (χ3n) is 5.42. The van der Waals surface area contributed by atoms with E-state index in [2.05, 4.69) is 77.3 Å². The lowest BCUT2D eigenvalue weighted by molar-refractivity contribution is -0.109. The molecule has 2 aromatic carbocycles. The first-order valence-corrected chi connectivity index (χ1v) is 10.7. The predicted molar refractivity (Wildman–Crippen MR) is 120 cm³/mol. The number of benzene rings is 2. The van der Waals surface area contributed by atoms with Crippen LogP contribution in [-0.2, 0) is 4.79 Å². The third-order valence-corrected chi connectivity index (χ3v) is 5.42. The van der Waals surface area contributed by atoms with Crippen LogP contribution in [0.5, 0.6) is 0 Å². The number of piperazine rings is 1. The summed E-state index contributed by atoms with van der Waals surface area (Å²) >= 11 is 4.64. The SMILES string of the molecule is CC(=O)Cl.CC1CNCCN1C1CCCCC1N.c1ccc2ccccc2c1. The number of nitrogens with two attached hydrogens (primary N) is 1. The van der Waals surface area contributed by atoms with Crippen molar-refractivity contribution < 1.29 is 4.79 Å². The molecule has 4 rings (SSSR count). The summed E-state index contributed by atoms with van der Waals surface area (Å²) in [6.45, 7) is 7.05. The maximum absolute atomic E-state index is 9.21. The van der Waals surface area contributed by atoms with E-state index in [0.717, 1.165) is 13.1 Å². The molecule has 2 aromatic rings. The number of fused-ring (bicyclic) bond motifs is 1. The van der Waals surface area contributed by atoms with Gasteiger partial charge >= 0.3 is 0 Å². The molecule has 1 aliphatic carbocycles. The molecule has 1 aliphatic heterocycles. The van der Waals surface area contributed by atoms with Crippen molar-refractivity contribution in [2.24, 2.45) is 5.73 Å². The Labute approximate surface area is 174 Å². The summed E-state index contributed by atoms with van der Waals surface area (Å²) in [6, 6.07) is 18.5. The summed E-state index contributed by atoms with van der Waals surface area (Å²) in [5.74, 6) is 0. The van der Waals surface area contributed by atoms with Crippen molar-refractivity contribution in [1.29, 1.82) is 0 Å². The molecule has 0 spiro atoms. The van der Waals surface area contributed by atoms with Crippen molar-refractivity contribution in [1.82, 2.24) is 10.2 Å². The number of nitrogens with one attached hydrogen (secondary N) is 1. The Balaban J connectivity index is 0.000000175. The molecule has 4 nitrogen and oxygen atoms in total. The molecule has 0 bridgehead atoms. The molecule has 154 valence electrons. The van der Waals surface area contributed by atoms with Crippen LogP contribution >= 0.6 is 11.6 Å². The maximum atomic E-state index is 9.21. The normalized spacial score (nSPS) is 25.1. The summed E-state index contributed by atoms with van der Waals surface area (Å²) in [6.07, 6.45) is 5.24. The van der Waals surface area contributed by atoms with E-state index in [9.17, 15) is 4.79 Å². The first kappa shape index (κ1) is 22.8. The van der Waals surface area contributed by atoms with E-state index in [1.54, 1.807) is 0 Å². The Morgan fingerprint density at radius 3 is 2.04 bits per heavy atom. The molecule has 0 aromatic heterocycles. The summed E-state index contributed by atoms with van der Waals surface area (Å²) in [4.78, 5) is 11.8. The smallest absolute Gasteiger partial charge is 0.218 e. The highest BCUT2D eigenvalue weighted by Gasteiger charge is 2.31. The highest BCUT2D eigenvalue weighted by atomic mass is 35.5. The summed E-state index contributed by atoms with van der Waals surface area (Å²) in [7, 11) is 0. The van der Waals surface area contributed by atoms with Gasteiger partial charge in [0.2, 0.25) is 5.24 Å². The van der Waals surface area contributed by atoms with Crippen molar-refractivity contribution in [3.05, 3.63) is 48.5 Å². The van der Waals surface area contributed by atoms with Crippen LogP contribution in [0.3, 0.4) is 0 Å². The van der Waals surface area contributed by atoms with E-state index < -0.39 is 0 Å². The van der Waals surface area contributed by atoms with Gasteiger partial charge in [0.25, 0.3) is 0 Å². The first-order chi connectivity index (χ1) is 13.5. The average molecular weight is 404 g/mol. The minimum Gasteiger partial charge on any atom is -0.326 e. The van der Waals surface area contributed by atoms with Gasteiger partial charge < -0.3 is 11.1 Å². The van der Waals surface area contributed by atoms with Gasteiger partial charge in [0, 0.05) is 44.7 Å². The molecular weight excluding hydrogens is 370 g/mol. The maximum Gasteiger partial charge on any atom is 0.218 e. The molecule has 3 N–H and O–H groups in total. The van der Waals surface area contributed by atoms with Crippen LogP contribution in [0.1, 0.15) is 39.5 Å². The van der Waals surface area contributed by atoms with Crippen LogP contribution in [0, 0.1) is 0 Å². The molecule has 1 heterocycles. The fourth-order valence-electron chi connectivity index (χ4n) is 4.03. The molecule has 0 amide bonds. The van der Waals surface area contributed by atoms with Gasteiger partial charge in [-0.05, 0) is 42.1 Å². The minimum atomic E-state index is -0.361. The zero-order valence-corrected chi connectivity index (χ0v) is 17.9. The van der Waals surface area contributed by atoms with E-state index in [1.165, 1.54) is 49.9 Å².